The fourth-order valence-electron chi connectivity index (χ4n) is 3.46. The summed E-state index contributed by atoms with van der Waals surface area (Å²) in [6, 6.07) is 7.88. The average Bonchev–Trinajstić information content (AvgIpc) is 2.73. The van der Waals surface area contributed by atoms with Crippen molar-refractivity contribution in [2.75, 3.05) is 65.6 Å². The summed E-state index contributed by atoms with van der Waals surface area (Å²) in [5, 5.41) is 0. The first-order chi connectivity index (χ1) is 13.5. The van der Waals surface area contributed by atoms with Gasteiger partial charge >= 0.3 is 0 Å². The molecule has 0 radical (unpaired) electrons. The van der Waals surface area contributed by atoms with Gasteiger partial charge in [0.05, 0.1) is 19.8 Å². The number of carbonyl (C=O) groups excluding carboxylic acids is 2. The van der Waals surface area contributed by atoms with E-state index in [1.165, 1.54) is 5.56 Å². The fourth-order valence-corrected chi connectivity index (χ4v) is 3.46. The predicted octanol–water partition coefficient (Wildman–Crippen LogP) is 1.19. The summed E-state index contributed by atoms with van der Waals surface area (Å²) in [6.45, 7) is 10.00. The van der Waals surface area contributed by atoms with Crippen LogP contribution in [-0.4, -0.2) is 92.1 Å². The minimum absolute atomic E-state index is 0.0310. The van der Waals surface area contributed by atoms with Crippen molar-refractivity contribution in [2.24, 2.45) is 0 Å². The van der Waals surface area contributed by atoms with E-state index in [0.29, 0.717) is 51.9 Å². The lowest BCUT2D eigenvalue weighted by Crippen LogP contribution is -2.54. The SMILES string of the molecule is CC(C)c1cccc(OCC(=O)N2CCN(C(=O)CN3CCOCC3)CC2)c1. The molecular weight excluding hydrogens is 358 g/mol. The third kappa shape index (κ3) is 5.69. The molecule has 3 rings (SSSR count). The van der Waals surface area contributed by atoms with E-state index < -0.39 is 0 Å². The lowest BCUT2D eigenvalue weighted by molar-refractivity contribution is -0.141. The van der Waals surface area contributed by atoms with Gasteiger partial charge in [0, 0.05) is 39.3 Å². The average molecular weight is 389 g/mol. The van der Waals surface area contributed by atoms with E-state index in [1.54, 1.807) is 4.90 Å². The molecule has 2 heterocycles. The highest BCUT2D eigenvalue weighted by atomic mass is 16.5. The van der Waals surface area contributed by atoms with Crippen LogP contribution >= 0.6 is 0 Å². The van der Waals surface area contributed by atoms with Crippen molar-refractivity contribution in [1.82, 2.24) is 14.7 Å². The topological polar surface area (TPSA) is 62.3 Å². The standard InChI is InChI=1S/C21H31N3O4/c1-17(2)18-4-3-5-19(14-18)28-16-21(26)24-8-6-23(7-9-24)20(25)15-22-10-12-27-13-11-22/h3-5,14,17H,6-13,15-16H2,1-2H3. The van der Waals surface area contributed by atoms with E-state index in [2.05, 4.69) is 24.8 Å². The van der Waals surface area contributed by atoms with Crippen molar-refractivity contribution in [1.29, 1.82) is 0 Å². The number of nitrogens with zero attached hydrogens (tertiary/aromatic N) is 3. The maximum Gasteiger partial charge on any atom is 0.260 e. The van der Waals surface area contributed by atoms with E-state index in [9.17, 15) is 9.59 Å². The van der Waals surface area contributed by atoms with Crippen LogP contribution in [0.5, 0.6) is 5.75 Å². The maximum absolute atomic E-state index is 12.5. The predicted molar refractivity (Wildman–Crippen MR) is 106 cm³/mol. The van der Waals surface area contributed by atoms with Crippen molar-refractivity contribution < 1.29 is 19.1 Å². The number of hydrogen-bond acceptors (Lipinski definition) is 5. The number of piperazine rings is 1. The first kappa shape index (κ1) is 20.6. The zero-order valence-electron chi connectivity index (χ0n) is 16.9. The number of carbonyl (C=O) groups is 2. The Hall–Kier alpha value is -2.12. The van der Waals surface area contributed by atoms with Crippen LogP contribution in [-0.2, 0) is 14.3 Å². The van der Waals surface area contributed by atoms with Gasteiger partial charge in [-0.15, -0.1) is 0 Å². The molecule has 28 heavy (non-hydrogen) atoms. The van der Waals surface area contributed by atoms with Gasteiger partial charge < -0.3 is 19.3 Å². The molecule has 2 aliphatic heterocycles. The van der Waals surface area contributed by atoms with Crippen molar-refractivity contribution in [2.45, 2.75) is 19.8 Å². The van der Waals surface area contributed by atoms with E-state index in [-0.39, 0.29) is 18.4 Å². The molecule has 2 fully saturated rings. The molecule has 1 aromatic carbocycles. The van der Waals surface area contributed by atoms with E-state index in [0.717, 1.165) is 18.8 Å². The van der Waals surface area contributed by atoms with Crippen molar-refractivity contribution >= 4 is 11.8 Å². The molecular formula is C21H31N3O4. The van der Waals surface area contributed by atoms with Crippen molar-refractivity contribution in [3.63, 3.8) is 0 Å². The zero-order chi connectivity index (χ0) is 19.9. The molecule has 0 atom stereocenters. The van der Waals surface area contributed by atoms with Gasteiger partial charge in [-0.05, 0) is 23.6 Å². The summed E-state index contributed by atoms with van der Waals surface area (Å²) in [7, 11) is 0. The number of morpholine rings is 1. The van der Waals surface area contributed by atoms with E-state index >= 15 is 0 Å². The second kappa shape index (κ2) is 9.89. The molecule has 1 aromatic rings. The summed E-state index contributed by atoms with van der Waals surface area (Å²) in [5.41, 5.74) is 1.19. The zero-order valence-corrected chi connectivity index (χ0v) is 16.9. The highest BCUT2D eigenvalue weighted by Gasteiger charge is 2.25. The Labute approximate surface area is 167 Å². The first-order valence-corrected chi connectivity index (χ1v) is 10.1. The molecule has 0 aromatic heterocycles. The third-order valence-electron chi connectivity index (χ3n) is 5.33. The Morgan fingerprint density at radius 2 is 1.64 bits per heavy atom. The maximum atomic E-state index is 12.5. The molecule has 0 saturated carbocycles. The molecule has 154 valence electrons. The molecule has 2 aliphatic rings. The van der Waals surface area contributed by atoms with Crippen LogP contribution in [0.1, 0.15) is 25.3 Å². The van der Waals surface area contributed by atoms with Crippen LogP contribution in [0.25, 0.3) is 0 Å². The summed E-state index contributed by atoms with van der Waals surface area (Å²) < 4.78 is 11.0. The lowest BCUT2D eigenvalue weighted by atomic mass is 10.0. The molecule has 7 nitrogen and oxygen atoms in total. The van der Waals surface area contributed by atoms with Gasteiger partial charge in [-0.25, -0.2) is 0 Å². The molecule has 0 unspecified atom stereocenters. The van der Waals surface area contributed by atoms with E-state index in [1.807, 2.05) is 23.1 Å². The van der Waals surface area contributed by atoms with Gasteiger partial charge in [0.2, 0.25) is 5.91 Å². The van der Waals surface area contributed by atoms with Gasteiger partial charge in [0.15, 0.2) is 6.61 Å². The smallest absolute Gasteiger partial charge is 0.260 e. The normalized spacial score (nSPS) is 18.4. The quantitative estimate of drug-likeness (QED) is 0.732. The Balaban J connectivity index is 1.41. The summed E-state index contributed by atoms with van der Waals surface area (Å²) >= 11 is 0. The minimum atomic E-state index is -0.0322. The Morgan fingerprint density at radius 3 is 2.29 bits per heavy atom. The Morgan fingerprint density at radius 1 is 1.00 bits per heavy atom. The van der Waals surface area contributed by atoms with Gasteiger partial charge in [-0.1, -0.05) is 26.0 Å². The van der Waals surface area contributed by atoms with Crippen LogP contribution in [0.3, 0.4) is 0 Å². The van der Waals surface area contributed by atoms with Crippen LogP contribution in [0, 0.1) is 0 Å². The minimum Gasteiger partial charge on any atom is -0.484 e. The van der Waals surface area contributed by atoms with E-state index in [4.69, 9.17) is 9.47 Å². The molecule has 7 heteroatoms. The number of rotatable bonds is 6. The second-order valence-corrected chi connectivity index (χ2v) is 7.67. The van der Waals surface area contributed by atoms with Crippen LogP contribution in [0.4, 0.5) is 0 Å². The molecule has 0 spiro atoms. The van der Waals surface area contributed by atoms with Crippen LogP contribution < -0.4 is 4.74 Å². The molecule has 0 aliphatic carbocycles. The number of benzene rings is 1. The second-order valence-electron chi connectivity index (χ2n) is 7.67. The van der Waals surface area contributed by atoms with Crippen molar-refractivity contribution in [3.05, 3.63) is 29.8 Å². The summed E-state index contributed by atoms with van der Waals surface area (Å²) in [5.74, 6) is 1.24. The Kier molecular flexibility index (Phi) is 7.28. The highest BCUT2D eigenvalue weighted by Crippen LogP contribution is 2.20. The van der Waals surface area contributed by atoms with Gasteiger partial charge in [0.25, 0.3) is 5.91 Å². The van der Waals surface area contributed by atoms with Gasteiger partial charge in [-0.3, -0.25) is 14.5 Å². The lowest BCUT2D eigenvalue weighted by Gasteiger charge is -2.36. The van der Waals surface area contributed by atoms with Crippen molar-refractivity contribution in [3.8, 4) is 5.75 Å². The fraction of sp³-hybridized carbons (Fsp3) is 0.619. The van der Waals surface area contributed by atoms with Gasteiger partial charge in [0.1, 0.15) is 5.75 Å². The number of hydrogen-bond donors (Lipinski definition) is 0. The number of amides is 2. The summed E-state index contributed by atoms with van der Waals surface area (Å²) in [4.78, 5) is 30.7. The van der Waals surface area contributed by atoms with Gasteiger partial charge in [-0.2, -0.15) is 0 Å². The molecule has 0 N–H and O–H groups in total. The monoisotopic (exact) mass is 389 g/mol. The Bertz CT molecular complexity index is 665. The van der Waals surface area contributed by atoms with Crippen LogP contribution in [0.2, 0.25) is 0 Å². The summed E-state index contributed by atoms with van der Waals surface area (Å²) in [6.07, 6.45) is 0. The van der Waals surface area contributed by atoms with Crippen LogP contribution in [0.15, 0.2) is 24.3 Å². The third-order valence-corrected chi connectivity index (χ3v) is 5.33. The number of ether oxygens (including phenoxy) is 2. The first-order valence-electron chi connectivity index (χ1n) is 10.1. The molecule has 0 bridgehead atoms. The molecule has 2 saturated heterocycles. The highest BCUT2D eigenvalue weighted by molar-refractivity contribution is 5.80. The molecule has 2 amide bonds. The largest absolute Gasteiger partial charge is 0.484 e.